The van der Waals surface area contributed by atoms with Crippen LogP contribution in [-0.2, 0) is 17.1 Å². The zero-order valence-corrected chi connectivity index (χ0v) is 16.4. The van der Waals surface area contributed by atoms with Gasteiger partial charge in [0.1, 0.15) is 29.1 Å². The number of hydrogen-bond acceptors (Lipinski definition) is 7. The molecule has 3 aromatic rings. The van der Waals surface area contributed by atoms with Crippen LogP contribution >= 0.6 is 0 Å². The van der Waals surface area contributed by atoms with Crippen molar-refractivity contribution in [1.29, 1.82) is 0 Å². The van der Waals surface area contributed by atoms with Crippen LogP contribution in [0, 0.1) is 20.8 Å². The maximum absolute atomic E-state index is 12.3. The van der Waals surface area contributed by atoms with Crippen molar-refractivity contribution in [3.05, 3.63) is 42.1 Å². The fraction of sp³-hybridized carbons (Fsp3) is 0.375. The second-order valence-corrected chi connectivity index (χ2v) is 7.78. The molecule has 0 fully saturated rings. The van der Waals surface area contributed by atoms with Gasteiger partial charge in [0.25, 0.3) is 10.0 Å². The van der Waals surface area contributed by atoms with E-state index in [1.807, 2.05) is 17.7 Å². The fourth-order valence-corrected chi connectivity index (χ4v) is 3.56. The molecule has 2 N–H and O–H groups in total. The molecule has 0 aromatic carbocycles. The lowest BCUT2D eigenvalue weighted by atomic mass is 10.4. The third-order valence-corrected chi connectivity index (χ3v) is 5.31. The molecule has 3 heterocycles. The van der Waals surface area contributed by atoms with Crippen LogP contribution in [0.25, 0.3) is 5.82 Å². The molecule has 0 spiro atoms. The van der Waals surface area contributed by atoms with Gasteiger partial charge < -0.3 is 9.88 Å². The Labute approximate surface area is 157 Å². The standard InChI is InChI=1S/C16H22N8O2S/c1-11-20-14(9-15(21-11)24-8-7-17-12(24)2)18-5-6-19-27(25,26)16-10-23(4)13(3)22-16/h7-10,19H,5-6H2,1-4H3,(H,18,20,21). The third-order valence-electron chi connectivity index (χ3n) is 3.98. The molecule has 0 amide bonds. The number of imidazole rings is 2. The molecule has 0 bridgehead atoms. The number of aryl methyl sites for hydroxylation is 4. The van der Waals surface area contributed by atoms with Crippen molar-refractivity contribution < 1.29 is 8.42 Å². The van der Waals surface area contributed by atoms with Gasteiger partial charge in [-0.15, -0.1) is 0 Å². The van der Waals surface area contributed by atoms with E-state index < -0.39 is 10.0 Å². The molecule has 0 radical (unpaired) electrons. The predicted octanol–water partition coefficient (Wildman–Crippen LogP) is 0.711. The first-order valence-corrected chi connectivity index (χ1v) is 9.84. The molecule has 11 heteroatoms. The Morgan fingerprint density at radius 2 is 1.85 bits per heavy atom. The number of rotatable bonds is 7. The van der Waals surface area contributed by atoms with E-state index in [0.29, 0.717) is 29.8 Å². The van der Waals surface area contributed by atoms with Gasteiger partial charge in [0, 0.05) is 44.8 Å². The normalized spacial score (nSPS) is 11.7. The molecule has 0 unspecified atom stereocenters. The van der Waals surface area contributed by atoms with Crippen LogP contribution in [0.2, 0.25) is 0 Å². The van der Waals surface area contributed by atoms with Crippen LogP contribution in [0.4, 0.5) is 5.82 Å². The molecule has 10 nitrogen and oxygen atoms in total. The molecule has 0 aliphatic heterocycles. The van der Waals surface area contributed by atoms with Crippen molar-refractivity contribution in [3.8, 4) is 5.82 Å². The number of aromatic nitrogens is 6. The Morgan fingerprint density at radius 3 is 2.48 bits per heavy atom. The highest BCUT2D eigenvalue weighted by atomic mass is 32.2. The quantitative estimate of drug-likeness (QED) is 0.570. The maximum atomic E-state index is 12.3. The molecule has 0 aliphatic carbocycles. The van der Waals surface area contributed by atoms with Crippen molar-refractivity contribution >= 4 is 15.8 Å². The van der Waals surface area contributed by atoms with E-state index in [-0.39, 0.29) is 11.6 Å². The first kappa shape index (κ1) is 19.0. The average Bonchev–Trinajstić information content (AvgIpc) is 3.17. The summed E-state index contributed by atoms with van der Waals surface area (Å²) in [6.45, 7) is 5.99. The first-order valence-electron chi connectivity index (χ1n) is 8.36. The molecule has 0 aliphatic rings. The van der Waals surface area contributed by atoms with E-state index in [9.17, 15) is 8.42 Å². The average molecular weight is 390 g/mol. The number of sulfonamides is 1. The molecule has 3 rings (SSSR count). The van der Waals surface area contributed by atoms with Crippen molar-refractivity contribution in [2.45, 2.75) is 25.8 Å². The number of nitrogens with one attached hydrogen (secondary N) is 2. The summed E-state index contributed by atoms with van der Waals surface area (Å²) in [4.78, 5) is 17.0. The van der Waals surface area contributed by atoms with Gasteiger partial charge in [-0.1, -0.05) is 0 Å². The highest BCUT2D eigenvalue weighted by Gasteiger charge is 2.17. The van der Waals surface area contributed by atoms with Crippen LogP contribution in [0.5, 0.6) is 0 Å². The monoisotopic (exact) mass is 390 g/mol. The molecular formula is C16H22N8O2S. The molecule has 0 saturated carbocycles. The van der Waals surface area contributed by atoms with Crippen molar-refractivity contribution in [2.24, 2.45) is 7.05 Å². The molecule has 0 saturated heterocycles. The summed E-state index contributed by atoms with van der Waals surface area (Å²) in [6.07, 6.45) is 5.01. The van der Waals surface area contributed by atoms with E-state index in [4.69, 9.17) is 0 Å². The summed E-state index contributed by atoms with van der Waals surface area (Å²) in [6, 6.07) is 1.79. The van der Waals surface area contributed by atoms with Gasteiger partial charge in [0.2, 0.25) is 0 Å². The van der Waals surface area contributed by atoms with Gasteiger partial charge >= 0.3 is 0 Å². The lowest BCUT2D eigenvalue weighted by molar-refractivity contribution is 0.579. The Hall–Kier alpha value is -2.79. The van der Waals surface area contributed by atoms with Crippen LogP contribution < -0.4 is 10.0 Å². The van der Waals surface area contributed by atoms with Gasteiger partial charge in [-0.05, 0) is 20.8 Å². The first-order chi connectivity index (χ1) is 12.8. The Kier molecular flexibility index (Phi) is 5.24. The van der Waals surface area contributed by atoms with Gasteiger partial charge in [0.15, 0.2) is 5.03 Å². The Morgan fingerprint density at radius 1 is 1.07 bits per heavy atom. The predicted molar refractivity (Wildman–Crippen MR) is 100 cm³/mol. The fourth-order valence-electron chi connectivity index (χ4n) is 2.49. The maximum Gasteiger partial charge on any atom is 0.259 e. The zero-order valence-electron chi connectivity index (χ0n) is 15.6. The molecular weight excluding hydrogens is 368 g/mol. The molecule has 144 valence electrons. The van der Waals surface area contributed by atoms with E-state index in [1.54, 1.807) is 37.7 Å². The van der Waals surface area contributed by atoms with Gasteiger partial charge in [-0.3, -0.25) is 4.57 Å². The summed E-state index contributed by atoms with van der Waals surface area (Å²) >= 11 is 0. The minimum absolute atomic E-state index is 0.0123. The van der Waals surface area contributed by atoms with Gasteiger partial charge in [0.05, 0.1) is 0 Å². The highest BCUT2D eigenvalue weighted by Crippen LogP contribution is 2.12. The van der Waals surface area contributed by atoms with Gasteiger partial charge in [-0.2, -0.15) is 0 Å². The topological polar surface area (TPSA) is 120 Å². The SMILES string of the molecule is Cc1nc(NCCNS(=O)(=O)c2cn(C)c(C)n2)cc(-n2ccnc2C)n1. The lowest BCUT2D eigenvalue weighted by Gasteiger charge is -2.10. The summed E-state index contributed by atoms with van der Waals surface area (Å²) < 4.78 is 30.6. The van der Waals surface area contributed by atoms with Crippen LogP contribution in [-0.4, -0.2) is 50.6 Å². The zero-order chi connectivity index (χ0) is 19.6. The van der Waals surface area contributed by atoms with E-state index in [2.05, 4.69) is 30.0 Å². The smallest absolute Gasteiger partial charge is 0.259 e. The second kappa shape index (κ2) is 7.45. The molecule has 3 aromatic heterocycles. The number of hydrogen-bond donors (Lipinski definition) is 2. The summed E-state index contributed by atoms with van der Waals surface area (Å²) in [5, 5.41) is 3.12. The largest absolute Gasteiger partial charge is 0.369 e. The highest BCUT2D eigenvalue weighted by molar-refractivity contribution is 7.89. The van der Waals surface area contributed by atoms with Crippen molar-refractivity contribution in [3.63, 3.8) is 0 Å². The third kappa shape index (κ3) is 4.31. The minimum Gasteiger partial charge on any atom is -0.369 e. The number of nitrogens with zero attached hydrogens (tertiary/aromatic N) is 6. The Bertz CT molecular complexity index is 1030. The lowest BCUT2D eigenvalue weighted by Crippen LogP contribution is -2.29. The second-order valence-electron chi connectivity index (χ2n) is 6.06. The minimum atomic E-state index is -3.64. The number of anilines is 1. The van der Waals surface area contributed by atoms with Crippen LogP contribution in [0.1, 0.15) is 17.5 Å². The van der Waals surface area contributed by atoms with E-state index in [0.717, 1.165) is 5.82 Å². The van der Waals surface area contributed by atoms with Crippen molar-refractivity contribution in [2.75, 3.05) is 18.4 Å². The summed E-state index contributed by atoms with van der Waals surface area (Å²) in [5.41, 5.74) is 0. The van der Waals surface area contributed by atoms with E-state index in [1.165, 1.54) is 6.20 Å². The van der Waals surface area contributed by atoms with Crippen LogP contribution in [0.15, 0.2) is 29.7 Å². The van der Waals surface area contributed by atoms with Gasteiger partial charge in [-0.25, -0.2) is 33.1 Å². The van der Waals surface area contributed by atoms with Crippen molar-refractivity contribution in [1.82, 2.24) is 33.8 Å². The summed E-state index contributed by atoms with van der Waals surface area (Å²) in [7, 11) is -1.89. The van der Waals surface area contributed by atoms with E-state index >= 15 is 0 Å². The molecule has 0 atom stereocenters. The van der Waals surface area contributed by atoms with Crippen LogP contribution in [0.3, 0.4) is 0 Å². The summed E-state index contributed by atoms with van der Waals surface area (Å²) in [5.74, 6) is 3.36. The Balaban J connectivity index is 1.62. The molecule has 27 heavy (non-hydrogen) atoms.